The van der Waals surface area contributed by atoms with Gasteiger partial charge in [0, 0.05) is 4.47 Å². The summed E-state index contributed by atoms with van der Waals surface area (Å²) in [5.41, 5.74) is 9.73. The lowest BCUT2D eigenvalue weighted by Crippen LogP contribution is -2.00. The van der Waals surface area contributed by atoms with E-state index in [1.807, 2.05) is 0 Å². The van der Waals surface area contributed by atoms with Crippen LogP contribution in [0.5, 0.6) is 0 Å². The first-order chi connectivity index (χ1) is 6.31. The molecule has 0 saturated carbocycles. The molecule has 0 aromatic heterocycles. The van der Waals surface area contributed by atoms with Crippen molar-refractivity contribution >= 4 is 22.0 Å². The third kappa shape index (κ3) is 1.69. The Morgan fingerprint density at radius 1 is 1.38 bits per heavy atom. The minimum absolute atomic E-state index is 0.747. The van der Waals surface area contributed by atoms with Crippen molar-refractivity contribution in [2.24, 2.45) is 5.73 Å². The van der Waals surface area contributed by atoms with E-state index in [-0.39, 0.29) is 0 Å². The zero-order valence-electron chi connectivity index (χ0n) is 7.39. The molecule has 0 spiro atoms. The first-order valence-electron chi connectivity index (χ1n) is 4.48. The molecule has 0 aliphatic heterocycles. The van der Waals surface area contributed by atoms with Crippen molar-refractivity contribution in [3.05, 3.63) is 39.4 Å². The Morgan fingerprint density at radius 2 is 2.23 bits per heavy atom. The number of hydrogen-bond acceptors (Lipinski definition) is 1. The molecule has 1 aromatic carbocycles. The number of hydrogen-bond donors (Lipinski definition) is 1. The van der Waals surface area contributed by atoms with E-state index in [0.717, 1.165) is 19.4 Å². The van der Waals surface area contributed by atoms with E-state index in [9.17, 15) is 0 Å². The molecule has 0 saturated heterocycles. The highest BCUT2D eigenvalue weighted by atomic mass is 79.9. The van der Waals surface area contributed by atoms with Crippen LogP contribution >= 0.6 is 15.9 Å². The number of fused-ring (bicyclic) bond motifs is 1. The molecule has 0 heterocycles. The van der Waals surface area contributed by atoms with Gasteiger partial charge < -0.3 is 5.73 Å². The Balaban J connectivity index is 2.30. The van der Waals surface area contributed by atoms with Crippen LogP contribution in [0.4, 0.5) is 0 Å². The van der Waals surface area contributed by atoms with Gasteiger partial charge in [-0.25, -0.2) is 0 Å². The molecule has 68 valence electrons. The minimum atomic E-state index is 0.747. The standard InChI is InChI=1S/C11H12BrN/c12-11-3-1-2-9-6-8(4-5-13)7-10(9)11/h1-3,6H,4-5,7,13H2. The van der Waals surface area contributed by atoms with Crippen molar-refractivity contribution in [1.82, 2.24) is 0 Å². The van der Waals surface area contributed by atoms with E-state index >= 15 is 0 Å². The van der Waals surface area contributed by atoms with E-state index in [4.69, 9.17) is 5.73 Å². The Morgan fingerprint density at radius 3 is 2.92 bits per heavy atom. The number of halogens is 1. The van der Waals surface area contributed by atoms with Gasteiger partial charge in [0.25, 0.3) is 0 Å². The van der Waals surface area contributed by atoms with Crippen molar-refractivity contribution in [2.75, 3.05) is 6.54 Å². The van der Waals surface area contributed by atoms with Crippen LogP contribution < -0.4 is 5.73 Å². The molecule has 2 rings (SSSR count). The molecule has 1 aliphatic rings. The SMILES string of the molecule is NCCC1=Cc2cccc(Br)c2C1. The number of nitrogens with two attached hydrogens (primary N) is 1. The summed E-state index contributed by atoms with van der Waals surface area (Å²) in [4.78, 5) is 0. The van der Waals surface area contributed by atoms with Gasteiger partial charge in [0.05, 0.1) is 0 Å². The summed E-state index contributed by atoms with van der Waals surface area (Å²) in [5, 5.41) is 0. The second kappa shape index (κ2) is 3.64. The smallest absolute Gasteiger partial charge is 0.0216 e. The summed E-state index contributed by atoms with van der Waals surface area (Å²) in [5.74, 6) is 0. The monoisotopic (exact) mass is 237 g/mol. The molecule has 0 radical (unpaired) electrons. The third-order valence-electron chi connectivity index (χ3n) is 2.38. The van der Waals surface area contributed by atoms with E-state index in [0.29, 0.717) is 0 Å². The average Bonchev–Trinajstić information content (AvgIpc) is 2.49. The van der Waals surface area contributed by atoms with Crippen LogP contribution in [0.15, 0.2) is 28.2 Å². The maximum atomic E-state index is 5.53. The van der Waals surface area contributed by atoms with Crippen LogP contribution in [0.2, 0.25) is 0 Å². The van der Waals surface area contributed by atoms with Crippen LogP contribution in [0.25, 0.3) is 6.08 Å². The molecule has 1 aromatic rings. The lowest BCUT2D eigenvalue weighted by molar-refractivity contribution is 0.925. The van der Waals surface area contributed by atoms with Gasteiger partial charge in [0.2, 0.25) is 0 Å². The highest BCUT2D eigenvalue weighted by Gasteiger charge is 2.13. The molecule has 0 fully saturated rings. The Bertz CT molecular complexity index is 355. The molecule has 13 heavy (non-hydrogen) atoms. The van der Waals surface area contributed by atoms with Gasteiger partial charge in [-0.05, 0) is 36.6 Å². The van der Waals surface area contributed by atoms with Crippen LogP contribution in [-0.4, -0.2) is 6.54 Å². The normalized spacial score (nSPS) is 14.2. The Labute approximate surface area is 86.8 Å². The molecule has 0 bridgehead atoms. The first kappa shape index (κ1) is 8.97. The summed E-state index contributed by atoms with van der Waals surface area (Å²) in [6.45, 7) is 0.747. The Kier molecular flexibility index (Phi) is 2.51. The van der Waals surface area contributed by atoms with Crippen molar-refractivity contribution in [1.29, 1.82) is 0 Å². The predicted octanol–water partition coefficient (Wildman–Crippen LogP) is 2.74. The maximum Gasteiger partial charge on any atom is 0.0216 e. The second-order valence-electron chi connectivity index (χ2n) is 3.33. The second-order valence-corrected chi connectivity index (χ2v) is 4.18. The topological polar surface area (TPSA) is 26.0 Å². The largest absolute Gasteiger partial charge is 0.330 e. The van der Waals surface area contributed by atoms with Crippen molar-refractivity contribution < 1.29 is 0 Å². The molecule has 2 N–H and O–H groups in total. The summed E-state index contributed by atoms with van der Waals surface area (Å²) in [7, 11) is 0. The van der Waals surface area contributed by atoms with Gasteiger partial charge in [-0.15, -0.1) is 0 Å². The van der Waals surface area contributed by atoms with E-state index < -0.39 is 0 Å². The fourth-order valence-electron chi connectivity index (χ4n) is 1.74. The minimum Gasteiger partial charge on any atom is -0.330 e. The third-order valence-corrected chi connectivity index (χ3v) is 3.13. The van der Waals surface area contributed by atoms with Gasteiger partial charge in [-0.2, -0.15) is 0 Å². The van der Waals surface area contributed by atoms with Crippen molar-refractivity contribution in [2.45, 2.75) is 12.8 Å². The fraction of sp³-hybridized carbons (Fsp3) is 0.273. The zero-order valence-corrected chi connectivity index (χ0v) is 8.97. The highest BCUT2D eigenvalue weighted by molar-refractivity contribution is 9.10. The summed E-state index contributed by atoms with van der Waals surface area (Å²) < 4.78 is 1.22. The van der Waals surface area contributed by atoms with Crippen molar-refractivity contribution in [3.8, 4) is 0 Å². The zero-order chi connectivity index (χ0) is 9.26. The van der Waals surface area contributed by atoms with Gasteiger partial charge in [-0.1, -0.05) is 39.7 Å². The molecule has 0 amide bonds. The number of rotatable bonds is 2. The predicted molar refractivity (Wildman–Crippen MR) is 59.5 cm³/mol. The van der Waals surface area contributed by atoms with E-state index in [1.54, 1.807) is 0 Å². The van der Waals surface area contributed by atoms with Gasteiger partial charge in [0.1, 0.15) is 0 Å². The lowest BCUT2D eigenvalue weighted by Gasteiger charge is -2.01. The van der Waals surface area contributed by atoms with Crippen LogP contribution in [0.1, 0.15) is 17.5 Å². The molecule has 1 nitrogen and oxygen atoms in total. The molecular weight excluding hydrogens is 226 g/mol. The van der Waals surface area contributed by atoms with Gasteiger partial charge in [-0.3, -0.25) is 0 Å². The van der Waals surface area contributed by atoms with Crippen LogP contribution in [0, 0.1) is 0 Å². The average molecular weight is 238 g/mol. The quantitative estimate of drug-likeness (QED) is 0.842. The summed E-state index contributed by atoms with van der Waals surface area (Å²) >= 11 is 3.56. The Hall–Kier alpha value is -0.600. The molecule has 1 aliphatic carbocycles. The fourth-order valence-corrected chi connectivity index (χ4v) is 2.26. The molecule has 0 unspecified atom stereocenters. The summed E-state index contributed by atoms with van der Waals surface area (Å²) in [6, 6.07) is 6.33. The lowest BCUT2D eigenvalue weighted by atomic mass is 10.1. The maximum absolute atomic E-state index is 5.53. The van der Waals surface area contributed by atoms with Crippen molar-refractivity contribution in [3.63, 3.8) is 0 Å². The molecule has 0 atom stereocenters. The first-order valence-corrected chi connectivity index (χ1v) is 5.27. The van der Waals surface area contributed by atoms with E-state index in [2.05, 4.69) is 40.2 Å². The van der Waals surface area contributed by atoms with E-state index in [1.165, 1.54) is 21.2 Å². The highest BCUT2D eigenvalue weighted by Crippen LogP contribution is 2.31. The summed E-state index contributed by atoms with van der Waals surface area (Å²) in [6.07, 6.45) is 4.34. The molecular formula is C11H12BrN. The van der Waals surface area contributed by atoms with Gasteiger partial charge >= 0.3 is 0 Å². The van der Waals surface area contributed by atoms with Crippen LogP contribution in [0.3, 0.4) is 0 Å². The molecule has 2 heteroatoms. The van der Waals surface area contributed by atoms with Gasteiger partial charge in [0.15, 0.2) is 0 Å². The number of benzene rings is 1. The van der Waals surface area contributed by atoms with Crippen LogP contribution in [-0.2, 0) is 6.42 Å².